The molecule has 0 fully saturated rings. The summed E-state index contributed by atoms with van der Waals surface area (Å²) in [7, 11) is 0. The number of hydrogen-bond donors (Lipinski definition) is 0. The zero-order valence-corrected chi connectivity index (χ0v) is 11.4. The van der Waals surface area contributed by atoms with Crippen LogP contribution in [0, 0.1) is 11.8 Å². The summed E-state index contributed by atoms with van der Waals surface area (Å²) in [4.78, 5) is 0. The third kappa shape index (κ3) is 4.28. The van der Waals surface area contributed by atoms with Crippen LogP contribution in [-0.2, 0) is 6.42 Å². The summed E-state index contributed by atoms with van der Waals surface area (Å²) in [5, 5.41) is 0. The van der Waals surface area contributed by atoms with Gasteiger partial charge in [0, 0.05) is 10.9 Å². The molecule has 0 spiro atoms. The first kappa shape index (κ1) is 13.1. The molecule has 0 aliphatic carbocycles. The van der Waals surface area contributed by atoms with Gasteiger partial charge < -0.3 is 4.74 Å². The fraction of sp³-hybridized carbons (Fsp3) is 0.429. The number of hydrogen-bond acceptors (Lipinski definition) is 1. The second-order valence-corrected chi connectivity index (χ2v) is 4.44. The first-order chi connectivity index (χ1) is 7.77. The Morgan fingerprint density at radius 2 is 2.19 bits per heavy atom. The van der Waals surface area contributed by atoms with E-state index in [-0.39, 0.29) is 0 Å². The van der Waals surface area contributed by atoms with Gasteiger partial charge in [0.25, 0.3) is 0 Å². The van der Waals surface area contributed by atoms with Crippen LogP contribution in [-0.4, -0.2) is 6.61 Å². The van der Waals surface area contributed by atoms with Gasteiger partial charge >= 0.3 is 0 Å². The van der Waals surface area contributed by atoms with E-state index in [4.69, 9.17) is 4.74 Å². The van der Waals surface area contributed by atoms with E-state index < -0.39 is 0 Å². The molecule has 1 aromatic carbocycles. The summed E-state index contributed by atoms with van der Waals surface area (Å²) in [6.07, 6.45) is 2.86. The van der Waals surface area contributed by atoms with E-state index in [0.717, 1.165) is 36.1 Å². The van der Waals surface area contributed by atoms with Crippen molar-refractivity contribution in [2.75, 3.05) is 6.61 Å². The van der Waals surface area contributed by atoms with E-state index in [1.165, 1.54) is 5.56 Å². The van der Waals surface area contributed by atoms with Crippen molar-refractivity contribution in [1.82, 2.24) is 0 Å². The van der Waals surface area contributed by atoms with E-state index in [2.05, 4.69) is 40.8 Å². The number of aryl methyl sites for hydroxylation is 1. The number of halogens is 1. The molecule has 0 bridgehead atoms. The van der Waals surface area contributed by atoms with Gasteiger partial charge in [0.05, 0.1) is 6.61 Å². The van der Waals surface area contributed by atoms with E-state index in [1.54, 1.807) is 0 Å². The first-order valence-corrected chi connectivity index (χ1v) is 6.38. The molecular formula is C14H17BrO. The van der Waals surface area contributed by atoms with Crippen LogP contribution in [0.3, 0.4) is 0 Å². The summed E-state index contributed by atoms with van der Waals surface area (Å²) >= 11 is 3.48. The molecule has 0 amide bonds. The minimum Gasteiger partial charge on any atom is -0.493 e. The Labute approximate surface area is 106 Å². The average molecular weight is 281 g/mol. The van der Waals surface area contributed by atoms with Crippen molar-refractivity contribution in [2.24, 2.45) is 0 Å². The lowest BCUT2D eigenvalue weighted by Crippen LogP contribution is -1.99. The molecule has 0 unspecified atom stereocenters. The van der Waals surface area contributed by atoms with Crippen molar-refractivity contribution in [2.45, 2.75) is 33.1 Å². The van der Waals surface area contributed by atoms with Gasteiger partial charge in [0.2, 0.25) is 0 Å². The molecule has 0 aliphatic heterocycles. The molecular weight excluding hydrogens is 264 g/mol. The number of rotatable bonds is 5. The molecule has 0 aliphatic rings. The molecule has 0 heterocycles. The highest BCUT2D eigenvalue weighted by Gasteiger charge is 2.03. The van der Waals surface area contributed by atoms with Crippen LogP contribution in [0.5, 0.6) is 5.75 Å². The molecule has 0 aromatic heterocycles. The minimum atomic E-state index is 0.772. The lowest BCUT2D eigenvalue weighted by molar-refractivity contribution is 0.314. The van der Waals surface area contributed by atoms with Crippen LogP contribution < -0.4 is 4.74 Å². The Kier molecular flexibility index (Phi) is 6.03. The molecule has 16 heavy (non-hydrogen) atoms. The molecule has 1 aromatic rings. The van der Waals surface area contributed by atoms with E-state index in [9.17, 15) is 0 Å². The molecule has 0 radical (unpaired) electrons. The summed E-state index contributed by atoms with van der Waals surface area (Å²) in [6.45, 7) is 4.75. The van der Waals surface area contributed by atoms with Gasteiger partial charge in [-0.3, -0.25) is 0 Å². The van der Waals surface area contributed by atoms with E-state index in [1.807, 2.05) is 19.1 Å². The third-order valence-electron chi connectivity index (χ3n) is 2.18. The van der Waals surface area contributed by atoms with Gasteiger partial charge in [0.1, 0.15) is 5.75 Å². The van der Waals surface area contributed by atoms with Crippen LogP contribution in [0.25, 0.3) is 0 Å². The van der Waals surface area contributed by atoms with Crippen molar-refractivity contribution >= 4 is 15.9 Å². The van der Waals surface area contributed by atoms with Crippen LogP contribution in [0.15, 0.2) is 22.7 Å². The standard InChI is InChI=1S/C14H17BrO/c1-3-5-6-7-12-11-13(15)8-9-14(12)16-10-4-2/h8-9,11H,4,6-7,10H2,1-2H3. The first-order valence-electron chi connectivity index (χ1n) is 5.58. The van der Waals surface area contributed by atoms with Crippen LogP contribution >= 0.6 is 15.9 Å². The lowest BCUT2D eigenvalue weighted by Gasteiger charge is -2.10. The maximum Gasteiger partial charge on any atom is 0.122 e. The molecule has 0 N–H and O–H groups in total. The predicted molar refractivity (Wildman–Crippen MR) is 71.7 cm³/mol. The summed E-state index contributed by atoms with van der Waals surface area (Å²) in [5.41, 5.74) is 1.23. The summed E-state index contributed by atoms with van der Waals surface area (Å²) in [6, 6.07) is 6.15. The summed E-state index contributed by atoms with van der Waals surface area (Å²) in [5.74, 6) is 6.98. The van der Waals surface area contributed by atoms with E-state index >= 15 is 0 Å². The Balaban J connectivity index is 2.75. The number of ether oxygens (including phenoxy) is 1. The SMILES string of the molecule is CC#CCCc1cc(Br)ccc1OCCC. The largest absolute Gasteiger partial charge is 0.493 e. The Hall–Kier alpha value is -0.940. The zero-order valence-electron chi connectivity index (χ0n) is 9.85. The normalized spacial score (nSPS) is 9.44. The van der Waals surface area contributed by atoms with Gasteiger partial charge in [-0.1, -0.05) is 22.9 Å². The fourth-order valence-electron chi connectivity index (χ4n) is 1.42. The highest BCUT2D eigenvalue weighted by molar-refractivity contribution is 9.10. The Morgan fingerprint density at radius 1 is 1.38 bits per heavy atom. The fourth-order valence-corrected chi connectivity index (χ4v) is 1.83. The zero-order chi connectivity index (χ0) is 11.8. The van der Waals surface area contributed by atoms with Crippen molar-refractivity contribution in [3.05, 3.63) is 28.2 Å². The molecule has 0 atom stereocenters. The van der Waals surface area contributed by atoms with Gasteiger partial charge in [-0.2, -0.15) is 0 Å². The van der Waals surface area contributed by atoms with Crippen molar-refractivity contribution < 1.29 is 4.74 Å². The molecule has 0 saturated heterocycles. The summed E-state index contributed by atoms with van der Waals surface area (Å²) < 4.78 is 6.80. The maximum atomic E-state index is 5.70. The second kappa shape index (κ2) is 7.35. The highest BCUT2D eigenvalue weighted by atomic mass is 79.9. The van der Waals surface area contributed by atoms with Gasteiger partial charge in [-0.15, -0.1) is 11.8 Å². The van der Waals surface area contributed by atoms with Crippen LogP contribution in [0.4, 0.5) is 0 Å². The lowest BCUT2D eigenvalue weighted by atomic mass is 10.1. The highest BCUT2D eigenvalue weighted by Crippen LogP contribution is 2.24. The third-order valence-corrected chi connectivity index (χ3v) is 2.67. The Morgan fingerprint density at radius 3 is 2.88 bits per heavy atom. The van der Waals surface area contributed by atoms with Crippen molar-refractivity contribution in [3.8, 4) is 17.6 Å². The minimum absolute atomic E-state index is 0.772. The van der Waals surface area contributed by atoms with Crippen molar-refractivity contribution in [1.29, 1.82) is 0 Å². The molecule has 86 valence electrons. The maximum absolute atomic E-state index is 5.70. The molecule has 1 rings (SSSR count). The van der Waals surface area contributed by atoms with E-state index in [0.29, 0.717) is 0 Å². The number of benzene rings is 1. The predicted octanol–water partition coefficient (Wildman–Crippen LogP) is 4.19. The van der Waals surface area contributed by atoms with Gasteiger partial charge in [-0.25, -0.2) is 0 Å². The Bertz CT molecular complexity index is 387. The van der Waals surface area contributed by atoms with Gasteiger partial charge in [-0.05, 0) is 43.5 Å². The quantitative estimate of drug-likeness (QED) is 0.735. The second-order valence-electron chi connectivity index (χ2n) is 3.53. The van der Waals surface area contributed by atoms with Crippen LogP contribution in [0.2, 0.25) is 0 Å². The van der Waals surface area contributed by atoms with Crippen LogP contribution in [0.1, 0.15) is 32.3 Å². The van der Waals surface area contributed by atoms with Gasteiger partial charge in [0.15, 0.2) is 0 Å². The molecule has 2 heteroatoms. The topological polar surface area (TPSA) is 9.23 Å². The smallest absolute Gasteiger partial charge is 0.122 e. The molecule has 0 saturated carbocycles. The average Bonchev–Trinajstić information content (AvgIpc) is 2.28. The van der Waals surface area contributed by atoms with Crippen molar-refractivity contribution in [3.63, 3.8) is 0 Å². The molecule has 1 nitrogen and oxygen atoms in total. The monoisotopic (exact) mass is 280 g/mol.